The highest BCUT2D eigenvalue weighted by atomic mass is 16.6. The average Bonchev–Trinajstić information content (AvgIpc) is 3.52. The van der Waals surface area contributed by atoms with Crippen LogP contribution in [0.2, 0.25) is 0 Å². The van der Waals surface area contributed by atoms with Crippen LogP contribution in [0.5, 0.6) is 0 Å². The van der Waals surface area contributed by atoms with Crippen LogP contribution in [0, 0.1) is 0 Å². The monoisotopic (exact) mass is 488 g/mol. The Morgan fingerprint density at radius 1 is 0.838 bits per heavy atom. The van der Waals surface area contributed by atoms with Crippen molar-refractivity contribution < 1.29 is 9.94 Å². The molecular weight excluding hydrogens is 464 g/mol. The van der Waals surface area contributed by atoms with Gasteiger partial charge in [0.05, 0.1) is 23.9 Å². The van der Waals surface area contributed by atoms with Gasteiger partial charge in [0.2, 0.25) is 0 Å². The van der Waals surface area contributed by atoms with Gasteiger partial charge < -0.3 is 14.5 Å². The third-order valence-corrected chi connectivity index (χ3v) is 6.13. The summed E-state index contributed by atoms with van der Waals surface area (Å²) >= 11 is 0. The molecule has 8 nitrogen and oxygen atoms in total. The predicted molar refractivity (Wildman–Crippen MR) is 143 cm³/mol. The molecule has 6 aromatic rings. The van der Waals surface area contributed by atoms with Crippen LogP contribution >= 0.6 is 0 Å². The summed E-state index contributed by atoms with van der Waals surface area (Å²) in [5.74, 6) is 0.495. The van der Waals surface area contributed by atoms with Crippen LogP contribution in [-0.4, -0.2) is 42.1 Å². The molecule has 0 radical (unpaired) electrons. The Kier molecular flexibility index (Phi) is 6.14. The summed E-state index contributed by atoms with van der Waals surface area (Å²) in [5, 5.41) is 19.4. The van der Waals surface area contributed by atoms with Crippen molar-refractivity contribution >= 4 is 22.9 Å². The van der Waals surface area contributed by atoms with Gasteiger partial charge in [-0.2, -0.15) is 0 Å². The van der Waals surface area contributed by atoms with E-state index in [9.17, 15) is 5.11 Å². The molecule has 0 aliphatic rings. The fourth-order valence-electron chi connectivity index (χ4n) is 4.57. The second-order valence-electron chi connectivity index (χ2n) is 8.49. The van der Waals surface area contributed by atoms with Crippen LogP contribution < -0.4 is 0 Å². The number of nitrogens with zero attached hydrogens (tertiary/aromatic N) is 6. The molecule has 0 fully saturated rings. The molecular formula is C29H24N6O2. The van der Waals surface area contributed by atoms with Gasteiger partial charge in [-0.05, 0) is 16.7 Å². The zero-order valence-corrected chi connectivity index (χ0v) is 20.0. The van der Waals surface area contributed by atoms with Crippen molar-refractivity contribution in [2.75, 3.05) is 6.61 Å². The predicted octanol–water partition coefficient (Wildman–Crippen LogP) is 4.96. The molecule has 0 atom stereocenters. The number of benzene rings is 3. The number of aliphatic hydroxyl groups is 1. The van der Waals surface area contributed by atoms with Crippen molar-refractivity contribution in [2.24, 2.45) is 5.16 Å². The summed E-state index contributed by atoms with van der Waals surface area (Å²) < 4.78 is 3.73. The topological polar surface area (TPSA) is 89.8 Å². The molecule has 182 valence electrons. The maximum absolute atomic E-state index is 9.94. The minimum absolute atomic E-state index is 0.0180. The van der Waals surface area contributed by atoms with Gasteiger partial charge >= 0.3 is 0 Å². The van der Waals surface area contributed by atoms with Crippen LogP contribution in [0.25, 0.3) is 39.1 Å². The zero-order chi connectivity index (χ0) is 25.0. The van der Waals surface area contributed by atoms with E-state index in [4.69, 9.17) is 14.8 Å². The normalized spacial score (nSPS) is 11.6. The Balaban J connectivity index is 1.49. The Morgan fingerprint density at radius 3 is 2.22 bits per heavy atom. The largest absolute Gasteiger partial charge is 0.395 e. The molecule has 0 saturated heterocycles. The summed E-state index contributed by atoms with van der Waals surface area (Å²) in [5.41, 5.74) is 6.39. The van der Waals surface area contributed by atoms with Gasteiger partial charge in [0.1, 0.15) is 12.0 Å². The Morgan fingerprint density at radius 2 is 1.51 bits per heavy atom. The molecule has 0 spiro atoms. The van der Waals surface area contributed by atoms with Gasteiger partial charge in [0.25, 0.3) is 0 Å². The number of hydrogen-bond acceptors (Lipinski definition) is 6. The molecule has 37 heavy (non-hydrogen) atoms. The van der Waals surface area contributed by atoms with Gasteiger partial charge in [-0.1, -0.05) is 96.2 Å². The van der Waals surface area contributed by atoms with Gasteiger partial charge in [-0.3, -0.25) is 0 Å². The van der Waals surface area contributed by atoms with Gasteiger partial charge in [0.15, 0.2) is 18.1 Å². The van der Waals surface area contributed by atoms with Crippen LogP contribution in [0.4, 0.5) is 0 Å². The third-order valence-electron chi connectivity index (χ3n) is 6.13. The Hall–Kier alpha value is -4.82. The van der Waals surface area contributed by atoms with Gasteiger partial charge in [-0.25, -0.2) is 14.5 Å². The Labute approximate surface area is 213 Å². The summed E-state index contributed by atoms with van der Waals surface area (Å²) in [6, 6.07) is 30.1. The summed E-state index contributed by atoms with van der Waals surface area (Å²) in [7, 11) is 0. The van der Waals surface area contributed by atoms with E-state index < -0.39 is 0 Å². The van der Waals surface area contributed by atoms with Crippen LogP contribution in [-0.2, 0) is 18.0 Å². The van der Waals surface area contributed by atoms with Crippen LogP contribution in [0.1, 0.15) is 11.4 Å². The third kappa shape index (κ3) is 4.34. The highest BCUT2D eigenvalue weighted by Gasteiger charge is 2.24. The molecule has 3 aromatic carbocycles. The van der Waals surface area contributed by atoms with E-state index in [1.165, 1.54) is 0 Å². The first-order valence-corrected chi connectivity index (χ1v) is 12.0. The fraction of sp³-hybridized carbons (Fsp3) is 0.103. The first-order valence-electron chi connectivity index (χ1n) is 12.0. The van der Waals surface area contributed by atoms with Crippen molar-refractivity contribution in [1.82, 2.24) is 24.1 Å². The lowest BCUT2D eigenvalue weighted by Gasteiger charge is -2.11. The van der Waals surface area contributed by atoms with E-state index in [0.29, 0.717) is 18.0 Å². The SMILES string of the molecule is OCCn1c(-c2ccccc2)c(-c2ccccc2)c2c1ncn1nc(CO/N=C\c3ccccc3)nc21. The van der Waals surface area contributed by atoms with E-state index >= 15 is 0 Å². The molecule has 0 aliphatic heterocycles. The van der Waals surface area contributed by atoms with Crippen molar-refractivity contribution in [3.05, 3.63) is 109 Å². The number of oxime groups is 1. The molecule has 6 rings (SSSR count). The number of hydrogen-bond donors (Lipinski definition) is 1. The molecule has 0 saturated carbocycles. The maximum atomic E-state index is 9.94. The lowest BCUT2D eigenvalue weighted by Crippen LogP contribution is -2.05. The van der Waals surface area contributed by atoms with Crippen molar-refractivity contribution in [3.63, 3.8) is 0 Å². The molecule has 0 bridgehead atoms. The molecule has 1 N–H and O–H groups in total. The van der Waals surface area contributed by atoms with E-state index in [1.54, 1.807) is 17.1 Å². The highest BCUT2D eigenvalue weighted by Crippen LogP contribution is 2.41. The number of aliphatic hydroxyl groups excluding tert-OH is 1. The van der Waals surface area contributed by atoms with E-state index in [0.717, 1.165) is 39.0 Å². The van der Waals surface area contributed by atoms with E-state index in [2.05, 4.69) is 39.1 Å². The molecule has 0 aliphatic carbocycles. The molecule has 0 amide bonds. The summed E-state index contributed by atoms with van der Waals surface area (Å²) in [6.07, 6.45) is 3.31. The first kappa shape index (κ1) is 22.6. The van der Waals surface area contributed by atoms with Crippen molar-refractivity contribution in [1.29, 1.82) is 0 Å². The smallest absolute Gasteiger partial charge is 0.192 e. The van der Waals surface area contributed by atoms with E-state index in [1.807, 2.05) is 66.7 Å². The quantitative estimate of drug-likeness (QED) is 0.242. The number of aromatic nitrogens is 5. The van der Waals surface area contributed by atoms with Gasteiger partial charge in [-0.15, -0.1) is 5.10 Å². The molecule has 3 heterocycles. The van der Waals surface area contributed by atoms with Crippen molar-refractivity contribution in [3.8, 4) is 22.4 Å². The molecule has 8 heteroatoms. The lowest BCUT2D eigenvalue weighted by atomic mass is 9.99. The summed E-state index contributed by atoms with van der Waals surface area (Å²) in [4.78, 5) is 15.1. The first-order chi connectivity index (χ1) is 18.3. The fourth-order valence-corrected chi connectivity index (χ4v) is 4.57. The second kappa shape index (κ2) is 10.0. The highest BCUT2D eigenvalue weighted by molar-refractivity contribution is 6.09. The average molecular weight is 489 g/mol. The van der Waals surface area contributed by atoms with Crippen LogP contribution in [0.15, 0.2) is 102 Å². The zero-order valence-electron chi connectivity index (χ0n) is 20.0. The van der Waals surface area contributed by atoms with Gasteiger partial charge in [0, 0.05) is 12.1 Å². The minimum Gasteiger partial charge on any atom is -0.395 e. The number of fused-ring (bicyclic) bond motifs is 3. The number of rotatable bonds is 8. The lowest BCUT2D eigenvalue weighted by molar-refractivity contribution is 0.126. The standard InChI is InChI=1S/C29H24N6O2/c36-17-16-34-27(23-14-8-3-9-15-23)25(22-12-6-2-7-13-22)26-28(34)30-20-35-29(26)32-24(33-35)19-37-31-18-21-10-4-1-5-11-21/h1-15,18,20,36H,16-17,19H2/b31-18-. The minimum atomic E-state index is -0.0180. The molecule has 0 unspecified atom stereocenters. The maximum Gasteiger partial charge on any atom is 0.192 e. The Bertz CT molecular complexity index is 1680. The van der Waals surface area contributed by atoms with Crippen LogP contribution in [0.3, 0.4) is 0 Å². The van der Waals surface area contributed by atoms with Crippen molar-refractivity contribution in [2.45, 2.75) is 13.2 Å². The molecule has 3 aromatic heterocycles. The van der Waals surface area contributed by atoms with E-state index in [-0.39, 0.29) is 13.2 Å². The second-order valence-corrected chi connectivity index (χ2v) is 8.49. The summed E-state index contributed by atoms with van der Waals surface area (Å²) in [6.45, 7) is 0.501.